The van der Waals surface area contributed by atoms with E-state index in [-0.39, 0.29) is 23.3 Å². The van der Waals surface area contributed by atoms with Gasteiger partial charge in [-0.15, -0.1) is 0 Å². The predicted molar refractivity (Wildman–Crippen MR) is 93.8 cm³/mol. The number of aryl methyl sites for hydroxylation is 1. The average Bonchev–Trinajstić information content (AvgIpc) is 3.40. The van der Waals surface area contributed by atoms with Gasteiger partial charge in [0.05, 0.1) is 7.11 Å². The number of aromatic carboxylic acids is 1. The minimum Gasteiger partial charge on any atom is -0.496 e. The Labute approximate surface area is 146 Å². The van der Waals surface area contributed by atoms with Crippen LogP contribution >= 0.6 is 0 Å². The van der Waals surface area contributed by atoms with Gasteiger partial charge in [-0.25, -0.2) is 4.79 Å². The molecule has 0 bridgehead atoms. The van der Waals surface area contributed by atoms with Crippen molar-refractivity contribution in [3.05, 3.63) is 64.7 Å². The van der Waals surface area contributed by atoms with E-state index in [1.165, 1.54) is 24.3 Å². The van der Waals surface area contributed by atoms with Gasteiger partial charge in [-0.3, -0.25) is 4.79 Å². The summed E-state index contributed by atoms with van der Waals surface area (Å²) in [6.07, 6.45) is 0.861. The number of amides is 1. The minimum absolute atomic E-state index is 0.00158. The third-order valence-corrected chi connectivity index (χ3v) is 4.68. The van der Waals surface area contributed by atoms with Gasteiger partial charge in [0.25, 0.3) is 0 Å². The molecule has 0 saturated heterocycles. The van der Waals surface area contributed by atoms with Gasteiger partial charge < -0.3 is 15.2 Å². The number of carboxylic acid groups (broad SMARTS) is 1. The highest BCUT2D eigenvalue weighted by Gasteiger charge is 2.44. The van der Waals surface area contributed by atoms with Crippen LogP contribution < -0.4 is 10.1 Å². The third kappa shape index (κ3) is 3.65. The van der Waals surface area contributed by atoms with E-state index < -0.39 is 5.97 Å². The highest BCUT2D eigenvalue weighted by Crippen LogP contribution is 2.48. The summed E-state index contributed by atoms with van der Waals surface area (Å²) in [5.41, 5.74) is 3.28. The SMILES string of the molecule is COc1ccc(CNC(=O)[C@@H]2C[C@@H]2c2ccccc2C)cc1C(=O)O. The van der Waals surface area contributed by atoms with Crippen molar-refractivity contribution in [3.63, 3.8) is 0 Å². The summed E-state index contributed by atoms with van der Waals surface area (Å²) in [5, 5.41) is 12.1. The average molecular weight is 339 g/mol. The molecule has 0 spiro atoms. The second-order valence-corrected chi connectivity index (χ2v) is 6.36. The Morgan fingerprint density at radius 1 is 1.24 bits per heavy atom. The highest BCUT2D eigenvalue weighted by atomic mass is 16.5. The monoisotopic (exact) mass is 339 g/mol. The molecule has 0 heterocycles. The van der Waals surface area contributed by atoms with Gasteiger partial charge in [-0.05, 0) is 48.1 Å². The van der Waals surface area contributed by atoms with Crippen LogP contribution in [0.25, 0.3) is 0 Å². The highest BCUT2D eigenvalue weighted by molar-refractivity contribution is 5.91. The molecule has 1 saturated carbocycles. The Balaban J connectivity index is 1.61. The van der Waals surface area contributed by atoms with E-state index in [2.05, 4.69) is 24.4 Å². The maximum Gasteiger partial charge on any atom is 0.339 e. The minimum atomic E-state index is -1.05. The molecule has 3 rings (SSSR count). The van der Waals surface area contributed by atoms with E-state index in [0.717, 1.165) is 12.0 Å². The molecule has 2 aromatic rings. The smallest absolute Gasteiger partial charge is 0.339 e. The van der Waals surface area contributed by atoms with Gasteiger partial charge in [-0.1, -0.05) is 30.3 Å². The lowest BCUT2D eigenvalue weighted by Crippen LogP contribution is -2.25. The van der Waals surface area contributed by atoms with Gasteiger partial charge in [-0.2, -0.15) is 0 Å². The fraction of sp³-hybridized carbons (Fsp3) is 0.300. The zero-order chi connectivity index (χ0) is 18.0. The van der Waals surface area contributed by atoms with Gasteiger partial charge >= 0.3 is 5.97 Å². The Morgan fingerprint density at radius 3 is 2.68 bits per heavy atom. The zero-order valence-corrected chi connectivity index (χ0v) is 14.3. The van der Waals surface area contributed by atoms with Crippen LogP contribution in [0.2, 0.25) is 0 Å². The van der Waals surface area contributed by atoms with Crippen LogP contribution in [0, 0.1) is 12.8 Å². The number of benzene rings is 2. The molecular weight excluding hydrogens is 318 g/mol. The van der Waals surface area contributed by atoms with Crippen molar-refractivity contribution < 1.29 is 19.4 Å². The fourth-order valence-corrected chi connectivity index (χ4v) is 3.18. The van der Waals surface area contributed by atoms with Gasteiger partial charge in [0.15, 0.2) is 0 Å². The maximum absolute atomic E-state index is 12.4. The van der Waals surface area contributed by atoms with E-state index in [9.17, 15) is 14.7 Å². The van der Waals surface area contributed by atoms with E-state index in [0.29, 0.717) is 12.3 Å². The molecule has 1 aliphatic rings. The second-order valence-electron chi connectivity index (χ2n) is 6.36. The van der Waals surface area contributed by atoms with E-state index in [4.69, 9.17) is 4.74 Å². The van der Waals surface area contributed by atoms with Crippen LogP contribution in [0.5, 0.6) is 5.75 Å². The molecule has 0 aliphatic heterocycles. The summed E-state index contributed by atoms with van der Waals surface area (Å²) < 4.78 is 5.04. The molecule has 0 unspecified atom stereocenters. The number of methoxy groups -OCH3 is 1. The Hall–Kier alpha value is -2.82. The molecule has 5 heteroatoms. The summed E-state index contributed by atoms with van der Waals surface area (Å²) in [4.78, 5) is 23.6. The van der Waals surface area contributed by atoms with Crippen molar-refractivity contribution in [2.45, 2.75) is 25.8 Å². The van der Waals surface area contributed by atoms with E-state index >= 15 is 0 Å². The predicted octanol–water partition coefficient (Wildman–Crippen LogP) is 3.12. The Kier molecular flexibility index (Phi) is 4.74. The van der Waals surface area contributed by atoms with Crippen LogP contribution in [0.4, 0.5) is 0 Å². The summed E-state index contributed by atoms with van der Waals surface area (Å²) >= 11 is 0. The van der Waals surface area contributed by atoms with Crippen LogP contribution in [0.15, 0.2) is 42.5 Å². The van der Waals surface area contributed by atoms with Gasteiger partial charge in [0.1, 0.15) is 11.3 Å². The lowest BCUT2D eigenvalue weighted by Gasteiger charge is -2.09. The van der Waals surface area contributed by atoms with Gasteiger partial charge in [0, 0.05) is 12.5 Å². The van der Waals surface area contributed by atoms with Crippen molar-refractivity contribution in [1.29, 1.82) is 0 Å². The number of nitrogens with one attached hydrogen (secondary N) is 1. The van der Waals surface area contributed by atoms with Crippen LogP contribution in [0.3, 0.4) is 0 Å². The van der Waals surface area contributed by atoms with Crippen LogP contribution in [-0.2, 0) is 11.3 Å². The largest absolute Gasteiger partial charge is 0.496 e. The van der Waals surface area contributed by atoms with Crippen molar-refractivity contribution in [3.8, 4) is 5.75 Å². The molecule has 2 aromatic carbocycles. The van der Waals surface area contributed by atoms with Crippen molar-refractivity contribution in [2.75, 3.05) is 7.11 Å². The number of carboxylic acids is 1. The Bertz CT molecular complexity index is 815. The third-order valence-electron chi connectivity index (χ3n) is 4.68. The molecular formula is C20H21NO4. The fourth-order valence-electron chi connectivity index (χ4n) is 3.18. The normalized spacial score (nSPS) is 18.5. The molecule has 2 N–H and O–H groups in total. The first-order chi connectivity index (χ1) is 12.0. The summed E-state index contributed by atoms with van der Waals surface area (Å²) in [7, 11) is 1.43. The molecule has 0 aromatic heterocycles. The van der Waals surface area contributed by atoms with Crippen molar-refractivity contribution in [2.24, 2.45) is 5.92 Å². The number of carbonyl (C=O) groups excluding carboxylic acids is 1. The number of hydrogen-bond acceptors (Lipinski definition) is 3. The van der Waals surface area contributed by atoms with Crippen molar-refractivity contribution in [1.82, 2.24) is 5.32 Å². The molecule has 5 nitrogen and oxygen atoms in total. The van der Waals surface area contributed by atoms with Crippen LogP contribution in [-0.4, -0.2) is 24.1 Å². The first kappa shape index (κ1) is 17.0. The number of hydrogen-bond donors (Lipinski definition) is 2. The molecule has 0 radical (unpaired) electrons. The molecule has 1 aliphatic carbocycles. The molecule has 1 amide bonds. The first-order valence-corrected chi connectivity index (χ1v) is 8.24. The first-order valence-electron chi connectivity index (χ1n) is 8.24. The van der Waals surface area contributed by atoms with Crippen LogP contribution in [0.1, 0.15) is 39.4 Å². The standard InChI is InChI=1S/C20H21NO4/c1-12-5-3-4-6-14(12)15-10-16(15)19(22)21-11-13-7-8-18(25-2)17(9-13)20(23)24/h3-9,15-16H,10-11H2,1-2H3,(H,21,22)(H,23,24)/t15-,16-/m1/s1. The Morgan fingerprint density at radius 2 is 2.00 bits per heavy atom. The quantitative estimate of drug-likeness (QED) is 0.848. The number of rotatable bonds is 6. The van der Waals surface area contributed by atoms with Gasteiger partial charge in [0.2, 0.25) is 5.91 Å². The summed E-state index contributed by atoms with van der Waals surface area (Å²) in [5.74, 6) is -0.442. The van der Waals surface area contributed by atoms with E-state index in [1.807, 2.05) is 12.1 Å². The van der Waals surface area contributed by atoms with Crippen molar-refractivity contribution >= 4 is 11.9 Å². The second kappa shape index (κ2) is 6.97. The number of carbonyl (C=O) groups is 2. The zero-order valence-electron chi connectivity index (χ0n) is 14.3. The van der Waals surface area contributed by atoms with E-state index in [1.54, 1.807) is 12.1 Å². The molecule has 2 atom stereocenters. The molecule has 130 valence electrons. The summed E-state index contributed by atoms with van der Waals surface area (Å²) in [6.45, 7) is 2.37. The lowest BCUT2D eigenvalue weighted by molar-refractivity contribution is -0.122. The topological polar surface area (TPSA) is 75.6 Å². The molecule has 1 fully saturated rings. The summed E-state index contributed by atoms with van der Waals surface area (Å²) in [6, 6.07) is 13.0. The lowest BCUT2D eigenvalue weighted by atomic mass is 10.0. The maximum atomic E-state index is 12.4. The molecule has 25 heavy (non-hydrogen) atoms. The number of ether oxygens (including phenoxy) is 1.